The van der Waals surface area contributed by atoms with E-state index in [4.69, 9.17) is 0 Å². The number of nitriles is 1. The van der Waals surface area contributed by atoms with Gasteiger partial charge in [0.25, 0.3) is 0 Å². The van der Waals surface area contributed by atoms with Crippen molar-refractivity contribution >= 4 is 0 Å². The van der Waals surface area contributed by atoms with Crippen molar-refractivity contribution in [3.05, 3.63) is 90.0 Å². The van der Waals surface area contributed by atoms with Gasteiger partial charge in [0.15, 0.2) is 0 Å². The van der Waals surface area contributed by atoms with Crippen LogP contribution in [0.25, 0.3) is 0 Å². The van der Waals surface area contributed by atoms with Gasteiger partial charge in [0.2, 0.25) is 0 Å². The molecule has 1 aliphatic carbocycles. The van der Waals surface area contributed by atoms with Crippen LogP contribution in [0.2, 0.25) is 0 Å². The molecular weight excluding hydrogens is 342 g/mol. The lowest BCUT2D eigenvalue weighted by molar-refractivity contribution is 0.378. The Labute approximate surface area is 167 Å². The number of aromatic nitrogens is 2. The summed E-state index contributed by atoms with van der Waals surface area (Å²) in [6.07, 6.45) is 7.14. The van der Waals surface area contributed by atoms with E-state index in [-0.39, 0.29) is 5.92 Å². The molecule has 3 aromatic rings. The Kier molecular flexibility index (Phi) is 5.05. The average molecular weight is 370 g/mol. The molecule has 4 rings (SSSR count). The number of imidazole rings is 1. The number of hydrogen-bond acceptors (Lipinski definition) is 2. The summed E-state index contributed by atoms with van der Waals surface area (Å²) in [4.78, 5) is 4.58. The number of hydrogen-bond donors (Lipinski definition) is 0. The molecule has 2 unspecified atom stereocenters. The van der Waals surface area contributed by atoms with Gasteiger partial charge in [-0.05, 0) is 36.3 Å². The van der Waals surface area contributed by atoms with Gasteiger partial charge >= 0.3 is 0 Å². The molecule has 0 radical (unpaired) electrons. The molecule has 1 heterocycles. The van der Waals surface area contributed by atoms with Crippen molar-refractivity contribution in [1.29, 1.82) is 5.26 Å². The van der Waals surface area contributed by atoms with Crippen LogP contribution in [-0.2, 0) is 5.41 Å². The Morgan fingerprint density at radius 1 is 1.00 bits per heavy atom. The van der Waals surface area contributed by atoms with Crippen molar-refractivity contribution < 1.29 is 0 Å². The third-order valence-electron chi connectivity index (χ3n) is 6.26. The van der Waals surface area contributed by atoms with Gasteiger partial charge in [0, 0.05) is 24.4 Å². The van der Waals surface area contributed by atoms with E-state index in [1.807, 2.05) is 42.6 Å². The second kappa shape index (κ2) is 7.64. The molecule has 0 saturated heterocycles. The molecule has 1 aromatic heterocycles. The van der Waals surface area contributed by atoms with Gasteiger partial charge in [-0.1, -0.05) is 74.5 Å². The first kappa shape index (κ1) is 18.5. The fourth-order valence-corrected chi connectivity index (χ4v) is 4.94. The van der Waals surface area contributed by atoms with Crippen molar-refractivity contribution in [3.63, 3.8) is 0 Å². The quantitative estimate of drug-likeness (QED) is 0.565. The van der Waals surface area contributed by atoms with Crippen molar-refractivity contribution in [2.45, 2.75) is 50.5 Å². The van der Waals surface area contributed by atoms with E-state index in [1.54, 1.807) is 0 Å². The van der Waals surface area contributed by atoms with Crippen LogP contribution in [0.4, 0.5) is 0 Å². The number of benzene rings is 2. The van der Waals surface area contributed by atoms with Crippen molar-refractivity contribution in [3.8, 4) is 6.07 Å². The number of nitrogens with zero attached hydrogens (tertiary/aromatic N) is 3. The molecule has 2 atom stereocenters. The summed E-state index contributed by atoms with van der Waals surface area (Å²) in [5.74, 6) is 1.82. The van der Waals surface area contributed by atoms with Crippen LogP contribution in [0.1, 0.15) is 62.0 Å². The van der Waals surface area contributed by atoms with Gasteiger partial charge in [-0.2, -0.15) is 5.26 Å². The van der Waals surface area contributed by atoms with E-state index in [1.165, 1.54) is 0 Å². The van der Waals surface area contributed by atoms with Crippen LogP contribution in [0.5, 0.6) is 0 Å². The van der Waals surface area contributed by atoms with Gasteiger partial charge < -0.3 is 4.57 Å². The first-order valence-electron chi connectivity index (χ1n) is 10.2. The largest absolute Gasteiger partial charge is 0.332 e. The maximum absolute atomic E-state index is 10.5. The minimum absolute atomic E-state index is 0.273. The summed E-state index contributed by atoms with van der Waals surface area (Å²) in [6.45, 7) is 4.39. The zero-order chi connectivity index (χ0) is 19.6. The van der Waals surface area contributed by atoms with Crippen LogP contribution in [0.15, 0.2) is 73.1 Å². The Bertz CT molecular complexity index is 911. The highest BCUT2D eigenvalue weighted by Gasteiger charge is 2.46. The van der Waals surface area contributed by atoms with E-state index in [0.29, 0.717) is 12.0 Å². The second-order valence-corrected chi connectivity index (χ2v) is 8.16. The minimum Gasteiger partial charge on any atom is -0.332 e. The third kappa shape index (κ3) is 3.03. The molecule has 0 amide bonds. The normalized spacial score (nSPS) is 19.6. The van der Waals surface area contributed by atoms with Crippen molar-refractivity contribution in [2.24, 2.45) is 5.92 Å². The van der Waals surface area contributed by atoms with Crippen molar-refractivity contribution in [2.75, 3.05) is 0 Å². The predicted molar refractivity (Wildman–Crippen MR) is 112 cm³/mol. The van der Waals surface area contributed by atoms with Crippen LogP contribution in [-0.4, -0.2) is 9.55 Å². The van der Waals surface area contributed by atoms with Gasteiger partial charge in [-0.3, -0.25) is 0 Å². The lowest BCUT2D eigenvalue weighted by atomic mass is 9.66. The standard InChI is InChI=1S/C25H27N3/c1-19(2)24-27-15-16-28(24)23-14-13-22(17-23)25(18-26,20-9-5-3-6-10-20)21-11-7-4-8-12-21/h3-12,15-16,19,22-23H,13-14,17H2,1-2H3. The summed E-state index contributed by atoms with van der Waals surface area (Å²) in [7, 11) is 0. The molecule has 3 heteroatoms. The summed E-state index contributed by atoms with van der Waals surface area (Å²) in [5, 5.41) is 10.5. The molecule has 1 saturated carbocycles. The van der Waals surface area contributed by atoms with Gasteiger partial charge in [0.1, 0.15) is 11.2 Å². The van der Waals surface area contributed by atoms with Crippen LogP contribution in [0.3, 0.4) is 0 Å². The van der Waals surface area contributed by atoms with Crippen molar-refractivity contribution in [1.82, 2.24) is 9.55 Å². The van der Waals surface area contributed by atoms with Gasteiger partial charge in [-0.25, -0.2) is 4.98 Å². The zero-order valence-corrected chi connectivity index (χ0v) is 16.6. The van der Waals surface area contributed by atoms with Crippen LogP contribution < -0.4 is 0 Å². The Morgan fingerprint density at radius 3 is 2.14 bits per heavy atom. The highest BCUT2D eigenvalue weighted by Crippen LogP contribution is 2.49. The maximum atomic E-state index is 10.5. The molecule has 28 heavy (non-hydrogen) atoms. The Hall–Kier alpha value is -2.86. The Balaban J connectivity index is 1.75. The lowest BCUT2D eigenvalue weighted by Crippen LogP contribution is -2.34. The monoisotopic (exact) mass is 369 g/mol. The molecule has 1 fully saturated rings. The molecule has 0 bridgehead atoms. The molecule has 1 aliphatic rings. The zero-order valence-electron chi connectivity index (χ0n) is 16.6. The highest BCUT2D eigenvalue weighted by molar-refractivity contribution is 5.47. The first-order chi connectivity index (χ1) is 13.7. The first-order valence-corrected chi connectivity index (χ1v) is 10.2. The average Bonchev–Trinajstić information content (AvgIpc) is 3.41. The van der Waals surface area contributed by atoms with E-state index < -0.39 is 5.41 Å². The smallest absolute Gasteiger partial charge is 0.111 e. The fraction of sp³-hybridized carbons (Fsp3) is 0.360. The minimum atomic E-state index is -0.615. The Morgan fingerprint density at radius 2 is 1.61 bits per heavy atom. The van der Waals surface area contributed by atoms with E-state index >= 15 is 0 Å². The summed E-state index contributed by atoms with van der Waals surface area (Å²) < 4.78 is 2.35. The van der Waals surface area contributed by atoms with Gasteiger partial charge in [0.05, 0.1) is 6.07 Å². The third-order valence-corrected chi connectivity index (χ3v) is 6.26. The molecule has 142 valence electrons. The fourth-order valence-electron chi connectivity index (χ4n) is 4.94. The summed E-state index contributed by atoms with van der Waals surface area (Å²) in [6, 6.07) is 23.8. The maximum Gasteiger partial charge on any atom is 0.111 e. The lowest BCUT2D eigenvalue weighted by Gasteiger charge is -2.34. The predicted octanol–water partition coefficient (Wildman–Crippen LogP) is 5.86. The second-order valence-electron chi connectivity index (χ2n) is 8.16. The molecule has 0 aliphatic heterocycles. The topological polar surface area (TPSA) is 41.6 Å². The molecule has 2 aromatic carbocycles. The van der Waals surface area contributed by atoms with Crippen LogP contribution in [0, 0.1) is 17.2 Å². The molecular formula is C25H27N3. The van der Waals surface area contributed by atoms with Gasteiger partial charge in [-0.15, -0.1) is 0 Å². The molecule has 0 spiro atoms. The summed E-state index contributed by atoms with van der Waals surface area (Å²) >= 11 is 0. The number of rotatable bonds is 5. The highest BCUT2D eigenvalue weighted by atomic mass is 15.1. The molecule has 3 nitrogen and oxygen atoms in total. The molecule has 0 N–H and O–H groups in total. The van der Waals surface area contributed by atoms with E-state index in [0.717, 1.165) is 36.2 Å². The summed E-state index contributed by atoms with van der Waals surface area (Å²) in [5.41, 5.74) is 1.59. The van der Waals surface area contributed by atoms with Crippen LogP contribution >= 0.6 is 0 Å². The van der Waals surface area contributed by atoms with E-state index in [2.05, 4.69) is 59.9 Å². The SMILES string of the molecule is CC(C)c1nccn1C1CCC(C(C#N)(c2ccccc2)c2ccccc2)C1. The van der Waals surface area contributed by atoms with E-state index in [9.17, 15) is 5.26 Å².